The fraction of sp³-hybridized carbons (Fsp3) is 0.240. The van der Waals surface area contributed by atoms with Crippen LogP contribution in [-0.4, -0.2) is 58.3 Å². The molecule has 0 radical (unpaired) electrons. The first-order chi connectivity index (χ1) is 15.6. The predicted molar refractivity (Wildman–Crippen MR) is 131 cm³/mol. The smallest absolute Gasteiger partial charge is 0.116 e. The van der Waals surface area contributed by atoms with Crippen LogP contribution >= 0.6 is 0 Å². The van der Waals surface area contributed by atoms with Crippen molar-refractivity contribution in [2.45, 2.75) is 6.92 Å². The van der Waals surface area contributed by atoms with E-state index in [1.54, 1.807) is 6.20 Å². The number of piperazine rings is 1. The molecule has 32 heavy (non-hydrogen) atoms. The summed E-state index contributed by atoms with van der Waals surface area (Å²) < 4.78 is 0. The summed E-state index contributed by atoms with van der Waals surface area (Å²) in [4.78, 5) is 13.6. The van der Waals surface area contributed by atoms with Gasteiger partial charge in [0.2, 0.25) is 0 Å². The number of aromatic amines is 1. The lowest BCUT2D eigenvalue weighted by molar-refractivity contribution is 0.313. The first kappa shape index (κ1) is 20.2. The van der Waals surface area contributed by atoms with Gasteiger partial charge in [-0.1, -0.05) is 12.6 Å². The lowest BCUT2D eigenvalue weighted by Gasteiger charge is -2.34. The zero-order valence-corrected chi connectivity index (χ0v) is 18.5. The maximum absolute atomic E-state index is 4.53. The molecule has 0 atom stereocenters. The Balaban J connectivity index is 1.43. The Labute approximate surface area is 187 Å². The quantitative estimate of drug-likeness (QED) is 0.500. The number of likely N-dealkylation sites (N-methyl/N-ethyl adjacent to an activating group) is 1. The maximum atomic E-state index is 4.53. The zero-order chi connectivity index (χ0) is 22.1. The van der Waals surface area contributed by atoms with Gasteiger partial charge in [-0.3, -0.25) is 15.1 Å². The number of hydrogen-bond acceptors (Lipinski definition) is 6. The average Bonchev–Trinajstić information content (AvgIpc) is 3.25. The number of nitrogens with one attached hydrogen (secondary N) is 2. The van der Waals surface area contributed by atoms with E-state index in [1.165, 1.54) is 5.69 Å². The van der Waals surface area contributed by atoms with Crippen molar-refractivity contribution in [3.8, 4) is 11.1 Å². The van der Waals surface area contributed by atoms with Crippen LogP contribution in [0.3, 0.4) is 0 Å². The second-order valence-corrected chi connectivity index (χ2v) is 8.35. The van der Waals surface area contributed by atoms with Crippen LogP contribution in [-0.2, 0) is 0 Å². The van der Waals surface area contributed by atoms with Crippen LogP contribution in [0.15, 0.2) is 61.6 Å². The Morgan fingerprint density at radius 2 is 1.84 bits per heavy atom. The minimum Gasteiger partial charge on any atom is -0.368 e. The molecule has 3 aromatic heterocycles. The van der Waals surface area contributed by atoms with Gasteiger partial charge in [-0.25, -0.2) is 0 Å². The molecule has 1 fully saturated rings. The van der Waals surface area contributed by atoms with Crippen molar-refractivity contribution in [2.75, 3.05) is 43.4 Å². The minimum absolute atomic E-state index is 0.725. The molecule has 1 saturated heterocycles. The van der Waals surface area contributed by atoms with E-state index in [0.717, 1.165) is 71.0 Å². The SMILES string of the molecule is C=C(Nc1ccc(C)nc1)c1n[nH]c2ccc(-c3cncc(N4CCN(C)CC4)c3)cc12. The Morgan fingerprint density at radius 1 is 1.00 bits per heavy atom. The third kappa shape index (κ3) is 4.07. The van der Waals surface area contributed by atoms with Gasteiger partial charge in [-0.15, -0.1) is 0 Å². The number of H-pyrrole nitrogens is 1. The van der Waals surface area contributed by atoms with Gasteiger partial charge in [-0.05, 0) is 49.9 Å². The number of aryl methyl sites for hydroxylation is 1. The molecule has 1 aromatic carbocycles. The second-order valence-electron chi connectivity index (χ2n) is 8.35. The first-order valence-electron chi connectivity index (χ1n) is 10.8. The molecule has 7 nitrogen and oxygen atoms in total. The van der Waals surface area contributed by atoms with E-state index in [4.69, 9.17) is 0 Å². The lowest BCUT2D eigenvalue weighted by Crippen LogP contribution is -2.44. The summed E-state index contributed by atoms with van der Waals surface area (Å²) in [6, 6.07) is 12.5. The van der Waals surface area contributed by atoms with Crippen LogP contribution in [0.5, 0.6) is 0 Å². The number of benzene rings is 1. The van der Waals surface area contributed by atoms with Gasteiger partial charge in [0.1, 0.15) is 5.69 Å². The van der Waals surface area contributed by atoms with Gasteiger partial charge in [0, 0.05) is 49.0 Å². The molecule has 7 heteroatoms. The number of rotatable bonds is 5. The first-order valence-corrected chi connectivity index (χ1v) is 10.8. The van der Waals surface area contributed by atoms with E-state index in [-0.39, 0.29) is 0 Å². The molecule has 1 aliphatic rings. The topological polar surface area (TPSA) is 73.0 Å². The maximum Gasteiger partial charge on any atom is 0.116 e. The number of aromatic nitrogens is 4. The molecule has 4 heterocycles. The van der Waals surface area contributed by atoms with Gasteiger partial charge >= 0.3 is 0 Å². The van der Waals surface area contributed by atoms with Crippen molar-refractivity contribution in [1.29, 1.82) is 0 Å². The summed E-state index contributed by atoms with van der Waals surface area (Å²) in [6.07, 6.45) is 5.68. The highest BCUT2D eigenvalue weighted by Gasteiger charge is 2.16. The van der Waals surface area contributed by atoms with Crippen LogP contribution in [0.4, 0.5) is 11.4 Å². The Bertz CT molecular complexity index is 1250. The standard InChI is InChI=1S/C25H27N7/c1-17-4-6-21(15-27-17)28-18(2)25-23-13-19(5-7-24(23)29-30-25)20-12-22(16-26-14-20)32-10-8-31(3)9-11-32/h4-7,12-16,28H,2,8-11H2,1,3H3,(H,29,30). The molecular weight excluding hydrogens is 398 g/mol. The van der Waals surface area contributed by atoms with E-state index < -0.39 is 0 Å². The number of fused-ring (bicyclic) bond motifs is 1. The van der Waals surface area contributed by atoms with Gasteiger partial charge in [0.15, 0.2) is 0 Å². The molecule has 2 N–H and O–H groups in total. The molecule has 5 rings (SSSR count). The Morgan fingerprint density at radius 3 is 2.62 bits per heavy atom. The summed E-state index contributed by atoms with van der Waals surface area (Å²) in [5.74, 6) is 0. The number of nitrogens with zero attached hydrogens (tertiary/aromatic N) is 5. The molecule has 0 bridgehead atoms. The van der Waals surface area contributed by atoms with Crippen molar-refractivity contribution in [3.05, 3.63) is 73.0 Å². The second kappa shape index (κ2) is 8.43. The van der Waals surface area contributed by atoms with Crippen LogP contribution in [0.25, 0.3) is 27.7 Å². The number of hydrogen-bond donors (Lipinski definition) is 2. The molecule has 0 amide bonds. The highest BCUT2D eigenvalue weighted by atomic mass is 15.2. The summed E-state index contributed by atoms with van der Waals surface area (Å²) in [7, 11) is 2.17. The normalized spacial score (nSPS) is 14.6. The van der Waals surface area contributed by atoms with E-state index in [2.05, 4.69) is 73.2 Å². The van der Waals surface area contributed by atoms with E-state index >= 15 is 0 Å². The Hall–Kier alpha value is -3.71. The van der Waals surface area contributed by atoms with Gasteiger partial charge in [0.25, 0.3) is 0 Å². The zero-order valence-electron chi connectivity index (χ0n) is 18.5. The summed E-state index contributed by atoms with van der Waals surface area (Å²) >= 11 is 0. The molecule has 0 saturated carbocycles. The highest BCUT2D eigenvalue weighted by Crippen LogP contribution is 2.30. The van der Waals surface area contributed by atoms with E-state index in [1.807, 2.05) is 31.5 Å². The van der Waals surface area contributed by atoms with Crippen LogP contribution in [0.2, 0.25) is 0 Å². The molecule has 0 unspecified atom stereocenters. The van der Waals surface area contributed by atoms with Crippen LogP contribution in [0, 0.1) is 6.92 Å². The monoisotopic (exact) mass is 425 g/mol. The third-order valence-corrected chi connectivity index (χ3v) is 5.98. The number of pyridine rings is 2. The average molecular weight is 426 g/mol. The fourth-order valence-corrected chi connectivity index (χ4v) is 4.02. The molecule has 0 aliphatic carbocycles. The van der Waals surface area contributed by atoms with Crippen molar-refractivity contribution in [3.63, 3.8) is 0 Å². The van der Waals surface area contributed by atoms with Gasteiger partial charge in [-0.2, -0.15) is 5.10 Å². The molecule has 0 spiro atoms. The third-order valence-electron chi connectivity index (χ3n) is 5.98. The van der Waals surface area contributed by atoms with Crippen molar-refractivity contribution >= 4 is 28.0 Å². The lowest BCUT2D eigenvalue weighted by atomic mass is 10.0. The van der Waals surface area contributed by atoms with Crippen LogP contribution < -0.4 is 10.2 Å². The van der Waals surface area contributed by atoms with E-state index in [0.29, 0.717) is 0 Å². The molecular formula is C25H27N7. The molecule has 1 aliphatic heterocycles. The van der Waals surface area contributed by atoms with Crippen molar-refractivity contribution < 1.29 is 0 Å². The van der Waals surface area contributed by atoms with Crippen molar-refractivity contribution in [1.82, 2.24) is 25.1 Å². The van der Waals surface area contributed by atoms with E-state index in [9.17, 15) is 0 Å². The summed E-state index contributed by atoms with van der Waals surface area (Å²) in [5.41, 5.74) is 7.72. The Kier molecular flexibility index (Phi) is 5.33. The molecule has 4 aromatic rings. The minimum atomic E-state index is 0.725. The predicted octanol–water partition coefficient (Wildman–Crippen LogP) is 4.16. The summed E-state index contributed by atoms with van der Waals surface area (Å²) in [5, 5.41) is 12.0. The highest BCUT2D eigenvalue weighted by molar-refractivity contribution is 5.95. The molecule has 162 valence electrons. The summed E-state index contributed by atoms with van der Waals surface area (Å²) in [6.45, 7) is 10.4. The largest absolute Gasteiger partial charge is 0.368 e. The van der Waals surface area contributed by atoms with Crippen molar-refractivity contribution in [2.24, 2.45) is 0 Å². The number of anilines is 2. The van der Waals surface area contributed by atoms with Gasteiger partial charge in [0.05, 0.1) is 35.0 Å². The fourth-order valence-electron chi connectivity index (χ4n) is 4.02. The van der Waals surface area contributed by atoms with Gasteiger partial charge < -0.3 is 15.1 Å². The van der Waals surface area contributed by atoms with Crippen LogP contribution in [0.1, 0.15) is 11.4 Å².